The van der Waals surface area contributed by atoms with Crippen LogP contribution in [0.3, 0.4) is 0 Å². The lowest BCUT2D eigenvalue weighted by molar-refractivity contribution is -0.161. The van der Waals surface area contributed by atoms with Crippen molar-refractivity contribution in [2.75, 3.05) is 6.61 Å². The van der Waals surface area contributed by atoms with Crippen molar-refractivity contribution in [3.05, 3.63) is 0 Å². The van der Waals surface area contributed by atoms with E-state index in [2.05, 4.69) is 34.6 Å². The van der Waals surface area contributed by atoms with E-state index in [-0.39, 0.29) is 30.1 Å². The minimum atomic E-state index is -0.352. The summed E-state index contributed by atoms with van der Waals surface area (Å²) < 4.78 is 11.1. The Labute approximate surface area is 193 Å². The van der Waals surface area contributed by atoms with Gasteiger partial charge in [0, 0.05) is 12.8 Å². The molecule has 1 unspecified atom stereocenters. The zero-order chi connectivity index (χ0) is 23.4. The van der Waals surface area contributed by atoms with Crippen LogP contribution >= 0.6 is 0 Å². The van der Waals surface area contributed by atoms with Crippen molar-refractivity contribution in [2.45, 2.75) is 150 Å². The Balaban J connectivity index is 4.10. The zero-order valence-electron chi connectivity index (χ0n) is 21.4. The van der Waals surface area contributed by atoms with E-state index in [9.17, 15) is 9.59 Å². The summed E-state index contributed by atoms with van der Waals surface area (Å²) in [6.07, 6.45) is 17.8. The summed E-state index contributed by atoms with van der Waals surface area (Å²) in [4.78, 5) is 24.4. The molecular weight excluding hydrogens is 388 g/mol. The van der Waals surface area contributed by atoms with Gasteiger partial charge in [0.25, 0.3) is 0 Å². The number of ether oxygens (including phenoxy) is 2. The molecule has 0 aliphatic rings. The minimum absolute atomic E-state index is 0.00905. The first kappa shape index (κ1) is 29.9. The average molecular weight is 441 g/mol. The van der Waals surface area contributed by atoms with Crippen molar-refractivity contribution in [3.63, 3.8) is 0 Å². The molecule has 31 heavy (non-hydrogen) atoms. The van der Waals surface area contributed by atoms with Gasteiger partial charge >= 0.3 is 11.9 Å². The van der Waals surface area contributed by atoms with Gasteiger partial charge in [-0.3, -0.25) is 9.59 Å². The number of hydrogen-bond donors (Lipinski definition) is 0. The van der Waals surface area contributed by atoms with Crippen LogP contribution < -0.4 is 0 Å². The maximum absolute atomic E-state index is 12.3. The number of hydrogen-bond acceptors (Lipinski definition) is 4. The third-order valence-corrected chi connectivity index (χ3v) is 5.54. The topological polar surface area (TPSA) is 52.6 Å². The van der Waals surface area contributed by atoms with Crippen LogP contribution in [0.25, 0.3) is 0 Å². The molecule has 0 rings (SSSR count). The predicted molar refractivity (Wildman–Crippen MR) is 130 cm³/mol. The molecule has 0 bridgehead atoms. The van der Waals surface area contributed by atoms with Gasteiger partial charge in [-0.2, -0.15) is 0 Å². The number of carbonyl (C=O) groups excluding carboxylic acids is 2. The molecular formula is C27H52O4. The van der Waals surface area contributed by atoms with Gasteiger partial charge in [0.15, 0.2) is 0 Å². The molecule has 0 aromatic rings. The molecule has 4 nitrogen and oxygen atoms in total. The molecule has 0 saturated carbocycles. The number of esters is 2. The van der Waals surface area contributed by atoms with Crippen molar-refractivity contribution >= 4 is 11.9 Å². The molecule has 0 aromatic heterocycles. The van der Waals surface area contributed by atoms with E-state index >= 15 is 0 Å². The molecule has 4 heteroatoms. The normalized spacial score (nSPS) is 12.5. The maximum atomic E-state index is 12.3. The van der Waals surface area contributed by atoms with Crippen LogP contribution in [0.5, 0.6) is 0 Å². The number of unbranched alkanes of at least 4 members (excludes halogenated alkanes) is 12. The molecule has 0 spiro atoms. The fraction of sp³-hybridized carbons (Fsp3) is 0.926. The quantitative estimate of drug-likeness (QED) is 0.141. The highest BCUT2D eigenvalue weighted by Gasteiger charge is 2.23. The standard InChI is InChI=1S/C27H52O4/c1-6-8-10-12-14-16-18-20-25(28)30-23-24(22-27(3,4)5)31-26(29)21-19-17-15-13-11-9-7-2/h24H,6-23H2,1-5H3. The molecule has 0 aliphatic carbocycles. The van der Waals surface area contributed by atoms with Gasteiger partial charge in [-0.15, -0.1) is 0 Å². The molecule has 0 saturated heterocycles. The molecule has 0 heterocycles. The summed E-state index contributed by atoms with van der Waals surface area (Å²) >= 11 is 0. The summed E-state index contributed by atoms with van der Waals surface area (Å²) in [5.41, 5.74) is 0.00905. The molecule has 0 amide bonds. The van der Waals surface area contributed by atoms with Crippen LogP contribution in [0.15, 0.2) is 0 Å². The highest BCUT2D eigenvalue weighted by atomic mass is 16.6. The molecule has 0 N–H and O–H groups in total. The first-order chi connectivity index (χ1) is 14.8. The van der Waals surface area contributed by atoms with Crippen LogP contribution in [-0.2, 0) is 19.1 Å². The monoisotopic (exact) mass is 440 g/mol. The van der Waals surface area contributed by atoms with Crippen LogP contribution in [0.2, 0.25) is 0 Å². The molecule has 0 radical (unpaired) electrons. The first-order valence-electron chi connectivity index (χ1n) is 13.1. The Morgan fingerprint density at radius 3 is 1.52 bits per heavy atom. The maximum Gasteiger partial charge on any atom is 0.306 e. The Hall–Kier alpha value is -1.06. The molecule has 0 fully saturated rings. The van der Waals surface area contributed by atoms with Crippen molar-refractivity contribution in [1.29, 1.82) is 0 Å². The van der Waals surface area contributed by atoms with E-state index in [0.29, 0.717) is 19.3 Å². The van der Waals surface area contributed by atoms with Gasteiger partial charge in [0.2, 0.25) is 0 Å². The van der Waals surface area contributed by atoms with Crippen molar-refractivity contribution in [3.8, 4) is 0 Å². The van der Waals surface area contributed by atoms with Crippen LogP contribution in [0.4, 0.5) is 0 Å². The molecule has 1 atom stereocenters. The minimum Gasteiger partial charge on any atom is -0.462 e. The van der Waals surface area contributed by atoms with Gasteiger partial charge in [0.1, 0.15) is 12.7 Å². The van der Waals surface area contributed by atoms with E-state index < -0.39 is 0 Å². The van der Waals surface area contributed by atoms with Gasteiger partial charge in [-0.25, -0.2) is 0 Å². The lowest BCUT2D eigenvalue weighted by Crippen LogP contribution is -2.29. The highest BCUT2D eigenvalue weighted by Crippen LogP contribution is 2.23. The zero-order valence-corrected chi connectivity index (χ0v) is 21.4. The second-order valence-electron chi connectivity index (χ2n) is 10.3. The first-order valence-corrected chi connectivity index (χ1v) is 13.1. The Morgan fingerprint density at radius 2 is 1.06 bits per heavy atom. The molecule has 0 aromatic carbocycles. The van der Waals surface area contributed by atoms with E-state index in [0.717, 1.165) is 25.7 Å². The lowest BCUT2D eigenvalue weighted by atomic mass is 9.89. The largest absolute Gasteiger partial charge is 0.462 e. The Bertz CT molecular complexity index is 439. The summed E-state index contributed by atoms with van der Waals surface area (Å²) in [6.45, 7) is 11.0. The van der Waals surface area contributed by atoms with Crippen molar-refractivity contribution in [2.24, 2.45) is 5.41 Å². The molecule has 184 valence electrons. The summed E-state index contributed by atoms with van der Waals surface area (Å²) in [7, 11) is 0. The summed E-state index contributed by atoms with van der Waals surface area (Å²) in [6, 6.07) is 0. The van der Waals surface area contributed by atoms with E-state index in [4.69, 9.17) is 9.47 Å². The number of rotatable bonds is 20. The predicted octanol–water partition coefficient (Wildman–Crippen LogP) is 8.16. The summed E-state index contributed by atoms with van der Waals surface area (Å²) in [5.74, 6) is -0.332. The van der Waals surface area contributed by atoms with Gasteiger partial charge in [-0.1, -0.05) is 112 Å². The van der Waals surface area contributed by atoms with Gasteiger partial charge < -0.3 is 9.47 Å². The molecule has 0 aliphatic heterocycles. The SMILES string of the molecule is CCCCCCCCCC(=O)OCC(CC(C)(C)C)OC(=O)CCCCCCCCC. The van der Waals surface area contributed by atoms with Crippen LogP contribution in [0.1, 0.15) is 144 Å². The average Bonchev–Trinajstić information content (AvgIpc) is 2.69. The van der Waals surface area contributed by atoms with Gasteiger partial charge in [-0.05, 0) is 24.7 Å². The lowest BCUT2D eigenvalue weighted by Gasteiger charge is -2.25. The van der Waals surface area contributed by atoms with Gasteiger partial charge in [0.05, 0.1) is 0 Å². The fourth-order valence-corrected chi connectivity index (χ4v) is 3.77. The summed E-state index contributed by atoms with van der Waals surface area (Å²) in [5, 5.41) is 0. The second kappa shape index (κ2) is 19.6. The number of carbonyl (C=O) groups is 2. The fourth-order valence-electron chi connectivity index (χ4n) is 3.77. The van der Waals surface area contributed by atoms with Crippen molar-refractivity contribution in [1.82, 2.24) is 0 Å². The van der Waals surface area contributed by atoms with Crippen molar-refractivity contribution < 1.29 is 19.1 Å². The Morgan fingerprint density at radius 1 is 0.645 bits per heavy atom. The Kier molecular flexibility index (Phi) is 18.9. The van der Waals surface area contributed by atoms with Crippen LogP contribution in [0, 0.1) is 5.41 Å². The van der Waals surface area contributed by atoms with E-state index in [1.807, 2.05) is 0 Å². The van der Waals surface area contributed by atoms with E-state index in [1.54, 1.807) is 0 Å². The van der Waals surface area contributed by atoms with E-state index in [1.165, 1.54) is 64.2 Å². The highest BCUT2D eigenvalue weighted by molar-refractivity contribution is 5.70. The second-order valence-corrected chi connectivity index (χ2v) is 10.3. The third-order valence-electron chi connectivity index (χ3n) is 5.54. The third kappa shape index (κ3) is 21.9. The smallest absolute Gasteiger partial charge is 0.306 e. The van der Waals surface area contributed by atoms with Crippen LogP contribution in [-0.4, -0.2) is 24.6 Å².